The molecule has 134 valence electrons. The standard InChI is InChI=1S/C13H15ClN5O5P/c14-11-17-9(15)5-10(18-11)19(3-16-5)6-4-7-12(4,1-2-25(22,23)24)13(7,21)8(6)20/h3-4,6-8,20-21H,1-2H2,(H2,15,17,18)(H2,22,23,24)/t4-,6+,7?,8-,12-,13+/m0/s1. The Morgan fingerprint density at radius 2 is 2.12 bits per heavy atom. The van der Waals surface area contributed by atoms with Crippen molar-refractivity contribution in [2.24, 2.45) is 17.3 Å². The van der Waals surface area contributed by atoms with Crippen molar-refractivity contribution >= 4 is 36.2 Å². The first-order valence-electron chi connectivity index (χ1n) is 7.73. The number of anilines is 1. The van der Waals surface area contributed by atoms with E-state index in [2.05, 4.69) is 15.0 Å². The number of nitrogens with two attached hydrogens (primary N) is 1. The smallest absolute Gasteiger partial charge is 0.325 e. The van der Waals surface area contributed by atoms with E-state index in [1.165, 1.54) is 6.33 Å². The first-order valence-corrected chi connectivity index (χ1v) is 9.91. The molecule has 0 aromatic carbocycles. The second kappa shape index (κ2) is 4.33. The van der Waals surface area contributed by atoms with Gasteiger partial charge in [-0.15, -0.1) is 0 Å². The van der Waals surface area contributed by atoms with Crippen LogP contribution in [0.3, 0.4) is 0 Å². The zero-order valence-electron chi connectivity index (χ0n) is 12.7. The van der Waals surface area contributed by atoms with Crippen LogP contribution in [0.2, 0.25) is 5.28 Å². The maximum Gasteiger partial charge on any atom is 0.325 e. The lowest BCUT2D eigenvalue weighted by molar-refractivity contribution is -0.0235. The molecule has 1 unspecified atom stereocenters. The van der Waals surface area contributed by atoms with Crippen LogP contribution in [0.1, 0.15) is 12.5 Å². The second-order valence-electron chi connectivity index (χ2n) is 7.14. The molecule has 4 fully saturated rings. The first-order chi connectivity index (χ1) is 11.6. The first kappa shape index (κ1) is 15.9. The fourth-order valence-electron chi connectivity index (χ4n) is 5.24. The molecule has 0 amide bonds. The quantitative estimate of drug-likeness (QED) is 0.343. The van der Waals surface area contributed by atoms with E-state index in [-0.39, 0.29) is 35.5 Å². The van der Waals surface area contributed by atoms with E-state index < -0.39 is 30.8 Å². The largest absolute Gasteiger partial charge is 0.388 e. The average molecular weight is 388 g/mol. The molecule has 10 nitrogen and oxygen atoms in total. The number of imidazole rings is 1. The van der Waals surface area contributed by atoms with Gasteiger partial charge in [0.15, 0.2) is 11.5 Å². The highest BCUT2D eigenvalue weighted by Crippen LogP contribution is 2.96. The van der Waals surface area contributed by atoms with Crippen LogP contribution < -0.4 is 5.73 Å². The Labute approximate surface area is 145 Å². The summed E-state index contributed by atoms with van der Waals surface area (Å²) in [5, 5.41) is 21.3. The number of nitrogens with zero attached hydrogens (tertiary/aromatic N) is 4. The van der Waals surface area contributed by atoms with Crippen LogP contribution in [0.5, 0.6) is 0 Å². The van der Waals surface area contributed by atoms with E-state index in [4.69, 9.17) is 27.1 Å². The van der Waals surface area contributed by atoms with Crippen molar-refractivity contribution in [3.8, 4) is 0 Å². The molecular formula is C13H15ClN5O5P. The fourth-order valence-corrected chi connectivity index (χ4v) is 6.07. The lowest BCUT2D eigenvalue weighted by atomic mass is 9.99. The van der Waals surface area contributed by atoms with Gasteiger partial charge in [0.1, 0.15) is 17.2 Å². The van der Waals surface area contributed by atoms with Gasteiger partial charge in [-0.05, 0) is 23.9 Å². The molecule has 0 spiro atoms. The van der Waals surface area contributed by atoms with Crippen molar-refractivity contribution in [3.63, 3.8) is 0 Å². The van der Waals surface area contributed by atoms with Crippen molar-refractivity contribution in [3.05, 3.63) is 11.6 Å². The maximum atomic E-state index is 11.2. The topological polar surface area (TPSA) is 168 Å². The zero-order chi connectivity index (χ0) is 17.9. The molecule has 2 aromatic rings. The van der Waals surface area contributed by atoms with Gasteiger partial charge in [0.05, 0.1) is 18.5 Å². The number of nitrogen functional groups attached to an aromatic ring is 1. The van der Waals surface area contributed by atoms with Gasteiger partial charge in [0, 0.05) is 11.3 Å². The van der Waals surface area contributed by atoms with Crippen molar-refractivity contribution in [2.75, 3.05) is 11.9 Å². The fraction of sp³-hybridized carbons (Fsp3) is 0.615. The van der Waals surface area contributed by atoms with Crippen LogP contribution in [0, 0.1) is 17.3 Å². The van der Waals surface area contributed by atoms with Gasteiger partial charge < -0.3 is 30.3 Å². The van der Waals surface area contributed by atoms with Crippen LogP contribution in [0.25, 0.3) is 11.2 Å². The number of fused-ring (bicyclic) bond motifs is 2. The van der Waals surface area contributed by atoms with Crippen LogP contribution in [-0.2, 0) is 4.57 Å². The third kappa shape index (κ3) is 1.70. The van der Waals surface area contributed by atoms with Crippen molar-refractivity contribution < 1.29 is 24.6 Å². The number of aromatic nitrogens is 4. The zero-order valence-corrected chi connectivity index (χ0v) is 14.3. The van der Waals surface area contributed by atoms with Crippen molar-refractivity contribution in [1.82, 2.24) is 19.5 Å². The molecule has 0 aliphatic heterocycles. The summed E-state index contributed by atoms with van der Waals surface area (Å²) >= 11 is 5.86. The molecule has 4 aliphatic carbocycles. The van der Waals surface area contributed by atoms with Crippen LogP contribution in [-0.4, -0.2) is 57.4 Å². The molecule has 25 heavy (non-hydrogen) atoms. The number of rotatable bonds is 4. The molecule has 2 aromatic heterocycles. The molecule has 6 rings (SSSR count). The molecule has 2 heterocycles. The lowest BCUT2D eigenvalue weighted by Gasteiger charge is -2.18. The Bertz CT molecular complexity index is 979. The second-order valence-corrected chi connectivity index (χ2v) is 9.26. The number of aliphatic hydroxyl groups is 2. The van der Waals surface area contributed by atoms with Gasteiger partial charge in [0.2, 0.25) is 5.28 Å². The van der Waals surface area contributed by atoms with Crippen LogP contribution in [0.15, 0.2) is 6.33 Å². The molecular weight excluding hydrogens is 373 g/mol. The summed E-state index contributed by atoms with van der Waals surface area (Å²) in [5.41, 5.74) is 4.56. The van der Waals surface area contributed by atoms with Gasteiger partial charge in [-0.1, -0.05) is 0 Å². The molecule has 4 saturated carbocycles. The highest BCUT2D eigenvalue weighted by molar-refractivity contribution is 7.51. The van der Waals surface area contributed by atoms with Crippen LogP contribution in [0.4, 0.5) is 5.82 Å². The van der Waals surface area contributed by atoms with E-state index in [0.29, 0.717) is 11.2 Å². The highest BCUT2D eigenvalue weighted by atomic mass is 35.5. The summed E-state index contributed by atoms with van der Waals surface area (Å²) in [6, 6.07) is -0.498. The SMILES string of the molecule is Nc1nc(Cl)nc2c1ncn2[C@@H]1[C@H]2C3[C@@](O)([C@H]1O)[C@]32CCP(=O)(O)O. The summed E-state index contributed by atoms with van der Waals surface area (Å²) in [7, 11) is -4.17. The summed E-state index contributed by atoms with van der Waals surface area (Å²) in [5.74, 6) is -0.138. The average Bonchev–Trinajstić information content (AvgIpc) is 3.16. The minimum Gasteiger partial charge on any atom is -0.388 e. The monoisotopic (exact) mass is 387 g/mol. The van der Waals surface area contributed by atoms with Gasteiger partial charge in [0.25, 0.3) is 0 Å². The number of hydrogen-bond acceptors (Lipinski definition) is 7. The summed E-state index contributed by atoms with van der Waals surface area (Å²) in [6.07, 6.45) is 0.251. The molecule has 6 N–H and O–H groups in total. The van der Waals surface area contributed by atoms with Gasteiger partial charge in [-0.25, -0.2) is 4.98 Å². The summed E-state index contributed by atoms with van der Waals surface area (Å²) < 4.78 is 12.8. The van der Waals surface area contributed by atoms with E-state index in [1.807, 2.05) is 0 Å². The normalized spacial score (nSPS) is 41.2. The van der Waals surface area contributed by atoms with E-state index in [9.17, 15) is 14.8 Å². The molecule has 0 radical (unpaired) electrons. The molecule has 12 heteroatoms. The minimum atomic E-state index is -4.17. The number of halogens is 1. The van der Waals surface area contributed by atoms with E-state index in [0.717, 1.165) is 0 Å². The predicted octanol–water partition coefficient (Wildman–Crippen LogP) is -0.478. The Hall–Kier alpha value is -1.29. The van der Waals surface area contributed by atoms with Gasteiger partial charge in [-0.2, -0.15) is 9.97 Å². The molecule has 4 aliphatic rings. The highest BCUT2D eigenvalue weighted by Gasteiger charge is 3.03. The van der Waals surface area contributed by atoms with Crippen molar-refractivity contribution in [1.29, 1.82) is 0 Å². The molecule has 6 atom stereocenters. The minimum absolute atomic E-state index is 0.0474. The maximum absolute atomic E-state index is 11.2. The Morgan fingerprint density at radius 3 is 2.76 bits per heavy atom. The van der Waals surface area contributed by atoms with Crippen molar-refractivity contribution in [2.45, 2.75) is 24.2 Å². The summed E-state index contributed by atoms with van der Waals surface area (Å²) in [4.78, 5) is 30.4. The molecule has 2 bridgehead atoms. The van der Waals surface area contributed by atoms with Gasteiger partial charge in [-0.3, -0.25) is 4.57 Å². The Morgan fingerprint density at radius 1 is 1.40 bits per heavy atom. The Balaban J connectivity index is 1.53. The predicted molar refractivity (Wildman–Crippen MR) is 85.7 cm³/mol. The lowest BCUT2D eigenvalue weighted by Crippen LogP contribution is -2.33. The van der Waals surface area contributed by atoms with E-state index >= 15 is 0 Å². The van der Waals surface area contributed by atoms with Gasteiger partial charge >= 0.3 is 7.60 Å². The third-order valence-corrected chi connectivity index (χ3v) is 7.21. The third-order valence-electron chi connectivity index (χ3n) is 6.24. The molecule has 0 saturated heterocycles. The van der Waals surface area contributed by atoms with Crippen LogP contribution >= 0.6 is 19.2 Å². The Kier molecular flexibility index (Phi) is 2.76. The number of hydrogen-bond donors (Lipinski definition) is 5. The number of aliphatic hydroxyl groups excluding tert-OH is 1. The summed E-state index contributed by atoms with van der Waals surface area (Å²) in [6.45, 7) is 0. The van der Waals surface area contributed by atoms with E-state index in [1.54, 1.807) is 4.57 Å².